The third kappa shape index (κ3) is 1.94. The predicted molar refractivity (Wildman–Crippen MR) is 62.8 cm³/mol. The fourth-order valence-corrected chi connectivity index (χ4v) is 3.92. The van der Waals surface area contributed by atoms with E-state index in [-0.39, 0.29) is 0 Å². The molecule has 0 amide bonds. The van der Waals surface area contributed by atoms with Crippen LogP contribution in [0.3, 0.4) is 0 Å². The minimum atomic E-state index is 0.930. The van der Waals surface area contributed by atoms with Gasteiger partial charge in [0.2, 0.25) is 0 Å². The van der Waals surface area contributed by atoms with E-state index in [0.717, 1.165) is 23.8 Å². The maximum atomic E-state index is 3.53. The first kappa shape index (κ1) is 10.1. The van der Waals surface area contributed by atoms with E-state index < -0.39 is 0 Å². The molecule has 3 fully saturated rings. The van der Waals surface area contributed by atoms with Gasteiger partial charge in [0, 0.05) is 19.1 Å². The lowest BCUT2D eigenvalue weighted by Crippen LogP contribution is -2.38. The Bertz CT molecular complexity index is 217. The summed E-state index contributed by atoms with van der Waals surface area (Å²) < 4.78 is 0. The third-order valence-electron chi connectivity index (χ3n) is 4.84. The van der Waals surface area contributed by atoms with Gasteiger partial charge in [-0.25, -0.2) is 0 Å². The highest BCUT2D eigenvalue weighted by molar-refractivity contribution is 4.94. The molecule has 86 valence electrons. The fraction of sp³-hybridized carbons (Fsp3) is 1.00. The second-order valence-electron chi connectivity index (χ2n) is 6.06. The second kappa shape index (κ2) is 4.06. The molecule has 1 saturated carbocycles. The van der Waals surface area contributed by atoms with Crippen LogP contribution < -0.4 is 5.32 Å². The van der Waals surface area contributed by atoms with Crippen LogP contribution in [0.15, 0.2) is 0 Å². The van der Waals surface area contributed by atoms with Crippen molar-refractivity contribution in [2.45, 2.75) is 38.6 Å². The molecule has 3 aliphatic rings. The van der Waals surface area contributed by atoms with Gasteiger partial charge in [-0.3, -0.25) is 4.90 Å². The molecular formula is C13H24N2. The molecular weight excluding hydrogens is 184 g/mol. The molecule has 2 heterocycles. The molecule has 2 nitrogen and oxygen atoms in total. The molecule has 0 aromatic rings. The molecule has 4 atom stereocenters. The number of nitrogens with one attached hydrogen (secondary N) is 1. The van der Waals surface area contributed by atoms with Gasteiger partial charge < -0.3 is 5.32 Å². The normalized spacial score (nSPS) is 47.0. The summed E-state index contributed by atoms with van der Waals surface area (Å²) in [6.07, 6.45) is 5.87. The molecule has 2 aliphatic heterocycles. The summed E-state index contributed by atoms with van der Waals surface area (Å²) in [5.74, 6) is 2.92. The molecule has 0 bridgehead atoms. The van der Waals surface area contributed by atoms with E-state index >= 15 is 0 Å². The van der Waals surface area contributed by atoms with E-state index in [1.54, 1.807) is 0 Å². The van der Waals surface area contributed by atoms with E-state index in [9.17, 15) is 0 Å². The first-order valence-corrected chi connectivity index (χ1v) is 6.77. The van der Waals surface area contributed by atoms with Gasteiger partial charge in [-0.2, -0.15) is 0 Å². The minimum Gasteiger partial charge on any atom is -0.316 e. The van der Waals surface area contributed by atoms with Crippen molar-refractivity contribution in [2.75, 3.05) is 26.2 Å². The van der Waals surface area contributed by atoms with Crippen molar-refractivity contribution >= 4 is 0 Å². The molecule has 1 N–H and O–H groups in total. The minimum absolute atomic E-state index is 0.930. The lowest BCUT2D eigenvalue weighted by atomic mass is 9.86. The summed E-state index contributed by atoms with van der Waals surface area (Å²) in [6.45, 7) is 7.77. The highest BCUT2D eigenvalue weighted by Crippen LogP contribution is 2.33. The molecule has 2 unspecified atom stereocenters. The summed E-state index contributed by atoms with van der Waals surface area (Å²) >= 11 is 0. The van der Waals surface area contributed by atoms with Crippen molar-refractivity contribution in [2.24, 2.45) is 17.8 Å². The summed E-state index contributed by atoms with van der Waals surface area (Å²) in [4.78, 5) is 2.81. The van der Waals surface area contributed by atoms with Crippen molar-refractivity contribution in [1.82, 2.24) is 10.2 Å². The molecule has 2 saturated heterocycles. The summed E-state index contributed by atoms with van der Waals surface area (Å²) in [7, 11) is 0. The highest BCUT2D eigenvalue weighted by Gasteiger charge is 2.39. The van der Waals surface area contributed by atoms with Crippen molar-refractivity contribution in [1.29, 1.82) is 0 Å². The van der Waals surface area contributed by atoms with Crippen molar-refractivity contribution in [3.63, 3.8) is 0 Å². The summed E-state index contributed by atoms with van der Waals surface area (Å²) in [5.41, 5.74) is 0. The van der Waals surface area contributed by atoms with Gasteiger partial charge in [0.1, 0.15) is 0 Å². The largest absolute Gasteiger partial charge is 0.316 e. The first-order chi connectivity index (χ1) is 7.33. The van der Waals surface area contributed by atoms with Crippen LogP contribution in [-0.2, 0) is 0 Å². The third-order valence-corrected chi connectivity index (χ3v) is 4.84. The van der Waals surface area contributed by atoms with Crippen molar-refractivity contribution < 1.29 is 0 Å². The number of hydrogen-bond donors (Lipinski definition) is 1. The van der Waals surface area contributed by atoms with Gasteiger partial charge in [-0.05, 0) is 43.7 Å². The van der Waals surface area contributed by atoms with Crippen molar-refractivity contribution in [3.05, 3.63) is 0 Å². The average molecular weight is 208 g/mol. The van der Waals surface area contributed by atoms with Gasteiger partial charge in [-0.1, -0.05) is 19.8 Å². The maximum absolute atomic E-state index is 3.53. The molecule has 15 heavy (non-hydrogen) atoms. The van der Waals surface area contributed by atoms with Gasteiger partial charge >= 0.3 is 0 Å². The van der Waals surface area contributed by atoms with E-state index in [2.05, 4.69) is 17.1 Å². The van der Waals surface area contributed by atoms with Crippen LogP contribution in [0.2, 0.25) is 0 Å². The van der Waals surface area contributed by atoms with E-state index in [1.807, 2.05) is 0 Å². The van der Waals surface area contributed by atoms with E-state index in [4.69, 9.17) is 0 Å². The van der Waals surface area contributed by atoms with E-state index in [0.29, 0.717) is 0 Å². The van der Waals surface area contributed by atoms with Crippen LogP contribution in [-0.4, -0.2) is 37.1 Å². The zero-order valence-electron chi connectivity index (χ0n) is 9.91. The number of nitrogens with zero attached hydrogens (tertiary/aromatic N) is 1. The van der Waals surface area contributed by atoms with Crippen LogP contribution in [0.4, 0.5) is 0 Å². The van der Waals surface area contributed by atoms with Crippen LogP contribution in [0.1, 0.15) is 32.6 Å². The Kier molecular flexibility index (Phi) is 2.73. The smallest absolute Gasteiger partial charge is 0.00980 e. The number of rotatable bonds is 1. The molecule has 2 heteroatoms. The number of fused-ring (bicyclic) bond motifs is 1. The standard InChI is InChI=1S/C13H24N2/c1-10-3-2-4-13(5-10)15-8-11-6-14-7-12(11)9-15/h10-14H,2-9H2,1H3/t10?,11-,12+,13?. The van der Waals surface area contributed by atoms with Gasteiger partial charge in [0.25, 0.3) is 0 Å². The number of hydrogen-bond acceptors (Lipinski definition) is 2. The van der Waals surface area contributed by atoms with Gasteiger partial charge in [0.15, 0.2) is 0 Å². The van der Waals surface area contributed by atoms with Gasteiger partial charge in [0.05, 0.1) is 0 Å². The maximum Gasteiger partial charge on any atom is 0.00980 e. The molecule has 0 aromatic heterocycles. The monoisotopic (exact) mass is 208 g/mol. The predicted octanol–water partition coefficient (Wildman–Crippen LogP) is 1.72. The Morgan fingerprint density at radius 2 is 1.80 bits per heavy atom. The molecule has 3 rings (SSSR count). The topological polar surface area (TPSA) is 15.3 Å². The van der Waals surface area contributed by atoms with Crippen LogP contribution in [0.5, 0.6) is 0 Å². The summed E-state index contributed by atoms with van der Waals surface area (Å²) in [5, 5.41) is 3.53. The fourth-order valence-electron chi connectivity index (χ4n) is 3.92. The zero-order valence-corrected chi connectivity index (χ0v) is 9.91. The van der Waals surface area contributed by atoms with E-state index in [1.165, 1.54) is 51.9 Å². The highest BCUT2D eigenvalue weighted by atomic mass is 15.2. The Balaban J connectivity index is 1.59. The Hall–Kier alpha value is -0.0800. The number of likely N-dealkylation sites (tertiary alicyclic amines) is 1. The van der Waals surface area contributed by atoms with Crippen LogP contribution in [0, 0.1) is 17.8 Å². The Labute approximate surface area is 93.4 Å². The second-order valence-corrected chi connectivity index (χ2v) is 6.06. The Morgan fingerprint density at radius 1 is 1.07 bits per heavy atom. The molecule has 0 aromatic carbocycles. The lowest BCUT2D eigenvalue weighted by molar-refractivity contribution is 0.154. The summed E-state index contributed by atoms with van der Waals surface area (Å²) in [6, 6.07) is 0.930. The molecule has 1 aliphatic carbocycles. The molecule has 0 spiro atoms. The lowest BCUT2D eigenvalue weighted by Gasteiger charge is -2.34. The quantitative estimate of drug-likeness (QED) is 0.706. The average Bonchev–Trinajstić information content (AvgIpc) is 2.76. The SMILES string of the molecule is CC1CCCC(N2C[C@H]3CNC[C@H]3C2)C1. The van der Waals surface area contributed by atoms with Crippen LogP contribution in [0.25, 0.3) is 0 Å². The Morgan fingerprint density at radius 3 is 2.47 bits per heavy atom. The van der Waals surface area contributed by atoms with Crippen LogP contribution >= 0.6 is 0 Å². The van der Waals surface area contributed by atoms with Gasteiger partial charge in [-0.15, -0.1) is 0 Å². The zero-order chi connectivity index (χ0) is 10.3. The first-order valence-electron chi connectivity index (χ1n) is 6.77. The molecule has 0 radical (unpaired) electrons. The van der Waals surface area contributed by atoms with Crippen molar-refractivity contribution in [3.8, 4) is 0 Å².